The summed E-state index contributed by atoms with van der Waals surface area (Å²) in [6.07, 6.45) is 0.947. The summed E-state index contributed by atoms with van der Waals surface area (Å²) in [7, 11) is 2.04. The van der Waals surface area contributed by atoms with Crippen LogP contribution in [0, 0.1) is 6.92 Å². The van der Waals surface area contributed by atoms with E-state index in [2.05, 4.69) is 20.4 Å². The van der Waals surface area contributed by atoms with E-state index in [0.29, 0.717) is 30.8 Å². The molecule has 0 radical (unpaired) electrons. The molecule has 8 heteroatoms. The third-order valence-electron chi connectivity index (χ3n) is 4.41. The number of hydrogen-bond donors (Lipinski definition) is 1. The number of urea groups is 1. The van der Waals surface area contributed by atoms with E-state index in [9.17, 15) is 4.79 Å². The number of carbonyl (C=O) groups is 1. The Balaban J connectivity index is 1.51. The Hall–Kier alpha value is -1.93. The van der Waals surface area contributed by atoms with Gasteiger partial charge in [-0.15, -0.1) is 11.3 Å². The molecule has 0 spiro atoms. The molecule has 0 aromatic carbocycles. The maximum Gasteiger partial charge on any atom is 0.322 e. The average molecular weight is 363 g/mol. The number of nitrogens with zero attached hydrogens (tertiary/aromatic N) is 4. The highest BCUT2D eigenvalue weighted by Gasteiger charge is 2.29. The fourth-order valence-corrected chi connectivity index (χ4v) is 3.65. The van der Waals surface area contributed by atoms with Crippen molar-refractivity contribution in [3.8, 4) is 0 Å². The van der Waals surface area contributed by atoms with E-state index in [1.54, 1.807) is 11.3 Å². The van der Waals surface area contributed by atoms with Gasteiger partial charge >= 0.3 is 6.03 Å². The van der Waals surface area contributed by atoms with E-state index in [4.69, 9.17) is 4.52 Å². The zero-order valence-electron chi connectivity index (χ0n) is 15.2. The van der Waals surface area contributed by atoms with Crippen LogP contribution in [0.4, 0.5) is 9.80 Å². The Morgan fingerprint density at radius 1 is 1.52 bits per heavy atom. The van der Waals surface area contributed by atoms with Gasteiger partial charge in [-0.25, -0.2) is 4.79 Å². The van der Waals surface area contributed by atoms with Crippen molar-refractivity contribution in [2.24, 2.45) is 0 Å². The number of aromatic nitrogens is 2. The monoisotopic (exact) mass is 363 g/mol. The predicted molar refractivity (Wildman–Crippen MR) is 97.9 cm³/mol. The third kappa shape index (κ3) is 4.38. The number of carbonyl (C=O) groups excluding carboxylic acids is 1. The molecule has 1 unspecified atom stereocenters. The second kappa shape index (κ2) is 7.53. The second-order valence-corrected chi connectivity index (χ2v) is 8.14. The minimum absolute atomic E-state index is 0.0283. The summed E-state index contributed by atoms with van der Waals surface area (Å²) in [6.45, 7) is 8.19. The van der Waals surface area contributed by atoms with Crippen molar-refractivity contribution < 1.29 is 9.32 Å². The molecule has 1 N–H and O–H groups in total. The quantitative estimate of drug-likeness (QED) is 0.882. The highest BCUT2D eigenvalue weighted by Crippen LogP contribution is 2.23. The van der Waals surface area contributed by atoms with E-state index >= 15 is 0 Å². The van der Waals surface area contributed by atoms with Crippen LogP contribution in [0.15, 0.2) is 16.7 Å². The number of hydrogen-bond acceptors (Lipinski definition) is 6. The molecule has 7 nitrogen and oxygen atoms in total. The van der Waals surface area contributed by atoms with Gasteiger partial charge in [0.25, 0.3) is 0 Å². The Bertz CT molecular complexity index is 726. The van der Waals surface area contributed by atoms with Gasteiger partial charge in [0.2, 0.25) is 5.89 Å². The molecule has 0 bridgehead atoms. The first-order chi connectivity index (χ1) is 11.9. The lowest BCUT2D eigenvalue weighted by atomic mass is 10.2. The van der Waals surface area contributed by atoms with Crippen molar-refractivity contribution >= 4 is 22.4 Å². The number of amides is 2. The van der Waals surface area contributed by atoms with Crippen molar-refractivity contribution in [2.45, 2.75) is 45.7 Å². The average Bonchev–Trinajstić information content (AvgIpc) is 3.27. The number of likely N-dealkylation sites (N-methyl/N-ethyl adjacent to an activating group) is 1. The summed E-state index contributed by atoms with van der Waals surface area (Å²) >= 11 is 1.59. The fourth-order valence-electron chi connectivity index (χ4n) is 2.89. The lowest BCUT2D eigenvalue weighted by Gasteiger charge is -2.23. The normalized spacial score (nSPS) is 17.7. The summed E-state index contributed by atoms with van der Waals surface area (Å²) < 4.78 is 5.26. The van der Waals surface area contributed by atoms with Crippen LogP contribution in [0.2, 0.25) is 0 Å². The largest absolute Gasteiger partial charge is 0.339 e. The highest BCUT2D eigenvalue weighted by atomic mass is 32.1. The molecule has 25 heavy (non-hydrogen) atoms. The van der Waals surface area contributed by atoms with Gasteiger partial charge in [0.05, 0.1) is 11.5 Å². The van der Waals surface area contributed by atoms with Crippen molar-refractivity contribution in [1.29, 1.82) is 0 Å². The van der Waals surface area contributed by atoms with E-state index in [0.717, 1.165) is 18.0 Å². The minimum Gasteiger partial charge on any atom is -0.339 e. The van der Waals surface area contributed by atoms with E-state index < -0.39 is 0 Å². The van der Waals surface area contributed by atoms with Gasteiger partial charge in [-0.1, -0.05) is 19.0 Å². The van der Waals surface area contributed by atoms with Crippen LogP contribution in [0.1, 0.15) is 42.8 Å². The van der Waals surface area contributed by atoms with Gasteiger partial charge < -0.3 is 9.42 Å². The molecule has 0 aliphatic carbocycles. The Kier molecular flexibility index (Phi) is 5.39. The molecule has 0 saturated carbocycles. The minimum atomic E-state index is -0.0283. The first-order valence-electron chi connectivity index (χ1n) is 8.57. The van der Waals surface area contributed by atoms with E-state index in [1.807, 2.05) is 44.9 Å². The first-order valence-corrected chi connectivity index (χ1v) is 9.39. The van der Waals surface area contributed by atoms with Crippen LogP contribution < -0.4 is 5.32 Å². The molecular weight excluding hydrogens is 338 g/mol. The molecule has 136 valence electrons. The number of nitrogens with one attached hydrogen (secondary N) is 1. The van der Waals surface area contributed by atoms with Crippen LogP contribution in [-0.4, -0.2) is 52.2 Å². The molecule has 3 rings (SSSR count). The van der Waals surface area contributed by atoms with Gasteiger partial charge in [-0.05, 0) is 32.5 Å². The Morgan fingerprint density at radius 3 is 2.96 bits per heavy atom. The van der Waals surface area contributed by atoms with Gasteiger partial charge in [0.15, 0.2) is 5.82 Å². The molecule has 2 amide bonds. The lowest BCUT2D eigenvalue weighted by molar-refractivity contribution is 0.205. The van der Waals surface area contributed by atoms with Gasteiger partial charge in [0.1, 0.15) is 0 Å². The molecular formula is C17H25N5O2S. The number of anilines is 1. The third-order valence-corrected chi connectivity index (χ3v) is 5.33. The molecule has 1 aliphatic heterocycles. The number of likely N-dealkylation sites (tertiary alicyclic amines) is 1. The van der Waals surface area contributed by atoms with Crippen molar-refractivity contribution in [3.63, 3.8) is 0 Å². The molecule has 1 aliphatic rings. The van der Waals surface area contributed by atoms with Crippen molar-refractivity contribution in [2.75, 3.05) is 25.5 Å². The molecule has 2 aromatic heterocycles. The van der Waals surface area contributed by atoms with E-state index in [-0.39, 0.29) is 11.9 Å². The molecule has 1 atom stereocenters. The number of thiophene rings is 1. The smallest absolute Gasteiger partial charge is 0.322 e. The Labute approximate surface area is 152 Å². The zero-order valence-corrected chi connectivity index (χ0v) is 16.0. The van der Waals surface area contributed by atoms with Crippen LogP contribution in [0.3, 0.4) is 0 Å². The summed E-state index contributed by atoms with van der Waals surface area (Å²) in [4.78, 5) is 22.1. The summed E-state index contributed by atoms with van der Waals surface area (Å²) in [6, 6.07) is 4.23. The van der Waals surface area contributed by atoms with Crippen LogP contribution in [-0.2, 0) is 6.54 Å². The number of aryl methyl sites for hydroxylation is 1. The van der Waals surface area contributed by atoms with Gasteiger partial charge in [-0.3, -0.25) is 10.2 Å². The summed E-state index contributed by atoms with van der Waals surface area (Å²) in [5.74, 6) is 1.60. The van der Waals surface area contributed by atoms with Crippen LogP contribution in [0.25, 0.3) is 0 Å². The Morgan fingerprint density at radius 2 is 2.32 bits per heavy atom. The maximum atomic E-state index is 12.4. The predicted octanol–water partition coefficient (Wildman–Crippen LogP) is 3.30. The topological polar surface area (TPSA) is 74.5 Å². The fraction of sp³-hybridized carbons (Fsp3) is 0.588. The van der Waals surface area contributed by atoms with Crippen molar-refractivity contribution in [3.05, 3.63) is 28.7 Å². The summed E-state index contributed by atoms with van der Waals surface area (Å²) in [5.41, 5.74) is 0. The van der Waals surface area contributed by atoms with Crippen LogP contribution >= 0.6 is 11.3 Å². The van der Waals surface area contributed by atoms with E-state index in [1.165, 1.54) is 4.88 Å². The molecule has 2 aromatic rings. The maximum absolute atomic E-state index is 12.4. The standard InChI is InChI=1S/C17H25N5O2S/c1-11(2)16-18-14(20-24-16)10-21(4)13-7-8-22(9-13)17(23)19-15-6-5-12(3)25-15/h5-6,11,13H,7-10H2,1-4H3,(H,19,23). The van der Waals surface area contributed by atoms with Crippen LogP contribution in [0.5, 0.6) is 0 Å². The second-order valence-electron chi connectivity index (χ2n) is 6.85. The first kappa shape index (κ1) is 17.9. The molecule has 1 fully saturated rings. The van der Waals surface area contributed by atoms with Gasteiger partial charge in [-0.2, -0.15) is 4.98 Å². The SMILES string of the molecule is Cc1ccc(NC(=O)N2CCC(N(C)Cc3noc(C(C)C)n3)C2)s1. The highest BCUT2D eigenvalue weighted by molar-refractivity contribution is 7.16. The van der Waals surface area contributed by atoms with Crippen molar-refractivity contribution in [1.82, 2.24) is 19.9 Å². The van der Waals surface area contributed by atoms with Gasteiger partial charge in [0, 0.05) is 29.9 Å². The number of rotatable bonds is 5. The molecule has 3 heterocycles. The summed E-state index contributed by atoms with van der Waals surface area (Å²) in [5, 5.41) is 7.91. The zero-order chi connectivity index (χ0) is 18.0. The lowest BCUT2D eigenvalue weighted by Crippen LogP contribution is -2.38. The molecule has 1 saturated heterocycles.